The summed E-state index contributed by atoms with van der Waals surface area (Å²) in [5, 5.41) is 12.6. The summed E-state index contributed by atoms with van der Waals surface area (Å²) in [7, 11) is 1.21. The molecule has 0 aliphatic rings. The number of pyridine rings is 1. The first-order valence-corrected chi connectivity index (χ1v) is 5.62. The van der Waals surface area contributed by atoms with Crippen LogP contribution in [0.3, 0.4) is 0 Å². The van der Waals surface area contributed by atoms with Gasteiger partial charge < -0.3 is 20.9 Å². The summed E-state index contributed by atoms with van der Waals surface area (Å²) in [6, 6.07) is 1.70. The standard InChI is InChI=1S/C10H14BrN3O3/c1-10(16,9(15)17-2)5-14-7-3-6(11)4-13-8(7)12/h3-4,14,16H,5H2,1-2H3,(H2,12,13). The number of nitrogens with two attached hydrogens (primary N) is 1. The molecule has 0 aliphatic carbocycles. The summed E-state index contributed by atoms with van der Waals surface area (Å²) in [4.78, 5) is 15.2. The summed E-state index contributed by atoms with van der Waals surface area (Å²) >= 11 is 3.25. The molecule has 0 saturated carbocycles. The van der Waals surface area contributed by atoms with Gasteiger partial charge in [-0.05, 0) is 28.9 Å². The van der Waals surface area contributed by atoms with E-state index in [0.717, 1.165) is 4.47 Å². The fourth-order valence-corrected chi connectivity index (χ4v) is 1.48. The first-order chi connectivity index (χ1) is 7.86. The van der Waals surface area contributed by atoms with Gasteiger partial charge >= 0.3 is 5.97 Å². The van der Waals surface area contributed by atoms with E-state index >= 15 is 0 Å². The third-order valence-electron chi connectivity index (χ3n) is 2.13. The molecule has 4 N–H and O–H groups in total. The second-order valence-electron chi connectivity index (χ2n) is 3.71. The summed E-state index contributed by atoms with van der Waals surface area (Å²) < 4.78 is 5.21. The Bertz CT molecular complexity index is 423. The van der Waals surface area contributed by atoms with E-state index < -0.39 is 11.6 Å². The number of hydrogen-bond donors (Lipinski definition) is 3. The van der Waals surface area contributed by atoms with Gasteiger partial charge in [-0.1, -0.05) is 0 Å². The van der Waals surface area contributed by atoms with Gasteiger partial charge in [-0.2, -0.15) is 0 Å². The third-order valence-corrected chi connectivity index (χ3v) is 2.57. The number of aromatic nitrogens is 1. The van der Waals surface area contributed by atoms with Crippen molar-refractivity contribution in [1.82, 2.24) is 4.98 Å². The minimum Gasteiger partial charge on any atom is -0.467 e. The van der Waals surface area contributed by atoms with Crippen LogP contribution in [0, 0.1) is 0 Å². The number of ether oxygens (including phenoxy) is 1. The Morgan fingerprint density at radius 1 is 1.76 bits per heavy atom. The molecular weight excluding hydrogens is 290 g/mol. The maximum Gasteiger partial charge on any atom is 0.339 e. The highest BCUT2D eigenvalue weighted by atomic mass is 79.9. The van der Waals surface area contributed by atoms with Crippen molar-refractivity contribution in [3.8, 4) is 0 Å². The second kappa shape index (κ2) is 5.33. The van der Waals surface area contributed by atoms with Crippen molar-refractivity contribution in [3.05, 3.63) is 16.7 Å². The molecule has 0 spiro atoms. The summed E-state index contributed by atoms with van der Waals surface area (Å²) in [5.41, 5.74) is 4.54. The Balaban J connectivity index is 2.73. The van der Waals surface area contributed by atoms with Crippen molar-refractivity contribution >= 4 is 33.4 Å². The number of rotatable bonds is 4. The van der Waals surface area contributed by atoms with Gasteiger partial charge in [0.2, 0.25) is 0 Å². The first-order valence-electron chi connectivity index (χ1n) is 4.82. The number of hydrogen-bond acceptors (Lipinski definition) is 6. The Kier molecular flexibility index (Phi) is 4.30. The minimum absolute atomic E-state index is 0.0258. The molecule has 1 unspecified atom stereocenters. The van der Waals surface area contributed by atoms with Crippen LogP contribution in [0.5, 0.6) is 0 Å². The third kappa shape index (κ3) is 3.57. The van der Waals surface area contributed by atoms with Gasteiger partial charge in [0, 0.05) is 10.7 Å². The predicted octanol–water partition coefficient (Wildman–Crippen LogP) is 0.762. The number of esters is 1. The Morgan fingerprint density at radius 3 is 3.00 bits per heavy atom. The maximum absolute atomic E-state index is 11.2. The fourth-order valence-electron chi connectivity index (χ4n) is 1.15. The molecule has 1 heterocycles. The zero-order chi connectivity index (χ0) is 13.1. The molecule has 0 radical (unpaired) electrons. The van der Waals surface area contributed by atoms with Crippen LogP contribution < -0.4 is 11.1 Å². The number of nitrogens with zero attached hydrogens (tertiary/aromatic N) is 1. The molecule has 0 aliphatic heterocycles. The second-order valence-corrected chi connectivity index (χ2v) is 4.62. The highest BCUT2D eigenvalue weighted by Gasteiger charge is 2.31. The van der Waals surface area contributed by atoms with Gasteiger partial charge in [-0.15, -0.1) is 0 Å². The summed E-state index contributed by atoms with van der Waals surface area (Å²) in [5.74, 6) is -0.430. The normalized spacial score (nSPS) is 13.9. The molecule has 0 bridgehead atoms. The highest BCUT2D eigenvalue weighted by molar-refractivity contribution is 9.10. The molecule has 1 aromatic heterocycles. The number of carbonyl (C=O) groups is 1. The fraction of sp³-hybridized carbons (Fsp3) is 0.400. The maximum atomic E-state index is 11.2. The van der Waals surface area contributed by atoms with Gasteiger partial charge in [-0.3, -0.25) is 0 Å². The summed E-state index contributed by atoms with van der Waals surface area (Å²) in [6.07, 6.45) is 1.55. The van der Waals surface area contributed by atoms with Gasteiger partial charge in [0.25, 0.3) is 0 Å². The Labute approximate surface area is 107 Å². The molecule has 0 saturated heterocycles. The van der Waals surface area contributed by atoms with E-state index in [2.05, 4.69) is 31.0 Å². The van der Waals surface area contributed by atoms with E-state index in [1.54, 1.807) is 12.3 Å². The lowest BCUT2D eigenvalue weighted by Crippen LogP contribution is -2.42. The van der Waals surface area contributed by atoms with Crippen LogP contribution in [0.2, 0.25) is 0 Å². The highest BCUT2D eigenvalue weighted by Crippen LogP contribution is 2.21. The van der Waals surface area contributed by atoms with Crippen LogP contribution in [0.15, 0.2) is 16.7 Å². The van der Waals surface area contributed by atoms with Crippen molar-refractivity contribution in [3.63, 3.8) is 0 Å². The van der Waals surface area contributed by atoms with Crippen molar-refractivity contribution < 1.29 is 14.6 Å². The van der Waals surface area contributed by atoms with E-state index in [0.29, 0.717) is 5.69 Å². The number of anilines is 2. The van der Waals surface area contributed by atoms with E-state index in [9.17, 15) is 9.90 Å². The molecule has 0 fully saturated rings. The average molecular weight is 304 g/mol. The molecule has 94 valence electrons. The zero-order valence-electron chi connectivity index (χ0n) is 9.53. The monoisotopic (exact) mass is 303 g/mol. The Morgan fingerprint density at radius 2 is 2.41 bits per heavy atom. The van der Waals surface area contributed by atoms with Crippen LogP contribution in [-0.2, 0) is 9.53 Å². The molecular formula is C10H14BrN3O3. The minimum atomic E-state index is -1.62. The smallest absolute Gasteiger partial charge is 0.339 e. The number of carbonyl (C=O) groups excluding carboxylic acids is 1. The molecule has 1 rings (SSSR count). The topological polar surface area (TPSA) is 97.5 Å². The van der Waals surface area contributed by atoms with Crippen LogP contribution in [-0.4, -0.2) is 35.3 Å². The van der Waals surface area contributed by atoms with Crippen molar-refractivity contribution in [2.75, 3.05) is 24.7 Å². The predicted molar refractivity (Wildman–Crippen MR) is 67.5 cm³/mol. The number of nitrogen functional groups attached to an aromatic ring is 1. The number of halogens is 1. The zero-order valence-corrected chi connectivity index (χ0v) is 11.1. The number of nitrogens with one attached hydrogen (secondary N) is 1. The molecule has 1 aromatic rings. The molecule has 0 aromatic carbocycles. The van der Waals surface area contributed by atoms with E-state index in [1.807, 2.05) is 0 Å². The lowest BCUT2D eigenvalue weighted by molar-refractivity contribution is -0.158. The average Bonchev–Trinajstić information content (AvgIpc) is 2.29. The molecule has 1 atom stereocenters. The molecule has 7 heteroatoms. The SMILES string of the molecule is COC(=O)C(C)(O)CNc1cc(Br)cnc1N. The van der Waals surface area contributed by atoms with Crippen molar-refractivity contribution in [2.45, 2.75) is 12.5 Å². The van der Waals surface area contributed by atoms with E-state index in [1.165, 1.54) is 14.0 Å². The van der Waals surface area contributed by atoms with Crippen LogP contribution >= 0.6 is 15.9 Å². The van der Waals surface area contributed by atoms with Gasteiger partial charge in [0.1, 0.15) is 5.82 Å². The van der Waals surface area contributed by atoms with Crippen molar-refractivity contribution in [1.29, 1.82) is 0 Å². The summed E-state index contributed by atoms with van der Waals surface area (Å²) in [6.45, 7) is 1.33. The van der Waals surface area contributed by atoms with Gasteiger partial charge in [0.05, 0.1) is 19.3 Å². The number of methoxy groups -OCH3 is 1. The van der Waals surface area contributed by atoms with Crippen molar-refractivity contribution in [2.24, 2.45) is 0 Å². The van der Waals surface area contributed by atoms with Gasteiger partial charge in [-0.25, -0.2) is 9.78 Å². The largest absolute Gasteiger partial charge is 0.467 e. The number of aliphatic hydroxyl groups is 1. The van der Waals surface area contributed by atoms with Crippen LogP contribution in [0.25, 0.3) is 0 Å². The Hall–Kier alpha value is -1.34. The van der Waals surface area contributed by atoms with E-state index in [-0.39, 0.29) is 12.4 Å². The lowest BCUT2D eigenvalue weighted by atomic mass is 10.1. The molecule has 0 amide bonds. The van der Waals surface area contributed by atoms with Crippen LogP contribution in [0.1, 0.15) is 6.92 Å². The lowest BCUT2D eigenvalue weighted by Gasteiger charge is -2.21. The van der Waals surface area contributed by atoms with E-state index in [4.69, 9.17) is 5.73 Å². The quantitative estimate of drug-likeness (QED) is 0.711. The molecule has 6 nitrogen and oxygen atoms in total. The first kappa shape index (κ1) is 13.7. The van der Waals surface area contributed by atoms with Gasteiger partial charge in [0.15, 0.2) is 5.60 Å². The molecule has 17 heavy (non-hydrogen) atoms. The van der Waals surface area contributed by atoms with Crippen LogP contribution in [0.4, 0.5) is 11.5 Å².